The Kier molecular flexibility index (Phi) is 4.63. The van der Waals surface area contributed by atoms with Gasteiger partial charge in [0.2, 0.25) is 0 Å². The van der Waals surface area contributed by atoms with Gasteiger partial charge in [-0.1, -0.05) is 47.8 Å². The monoisotopic (exact) mass is 295 g/mol. The largest absolute Gasteiger partial charge is 0.310 e. The summed E-state index contributed by atoms with van der Waals surface area (Å²) in [6.07, 6.45) is 5.53. The second kappa shape index (κ2) is 6.01. The number of halogens is 1. The Bertz CT molecular complexity index is 375. The molecule has 1 aliphatic rings. The number of hydrogen-bond acceptors (Lipinski definition) is 1. The van der Waals surface area contributed by atoms with Gasteiger partial charge in [-0.25, -0.2) is 0 Å². The van der Waals surface area contributed by atoms with Crippen molar-refractivity contribution in [2.45, 2.75) is 52.1 Å². The average Bonchev–Trinajstić information content (AvgIpc) is 2.32. The van der Waals surface area contributed by atoms with Crippen LogP contribution in [-0.4, -0.2) is 6.04 Å². The van der Waals surface area contributed by atoms with Gasteiger partial charge < -0.3 is 5.32 Å². The van der Waals surface area contributed by atoms with E-state index < -0.39 is 0 Å². The van der Waals surface area contributed by atoms with E-state index in [1.165, 1.54) is 41.3 Å². The summed E-state index contributed by atoms with van der Waals surface area (Å²) in [5, 5.41) is 3.72. The van der Waals surface area contributed by atoms with Crippen molar-refractivity contribution in [3.63, 3.8) is 0 Å². The molecular weight excluding hydrogens is 274 g/mol. The topological polar surface area (TPSA) is 12.0 Å². The Hall–Kier alpha value is -0.340. The van der Waals surface area contributed by atoms with Crippen molar-refractivity contribution in [2.75, 3.05) is 0 Å². The highest BCUT2D eigenvalue weighted by molar-refractivity contribution is 9.10. The van der Waals surface area contributed by atoms with E-state index in [1.807, 2.05) is 0 Å². The summed E-state index contributed by atoms with van der Waals surface area (Å²) in [6, 6.07) is 7.34. The molecule has 2 atom stereocenters. The summed E-state index contributed by atoms with van der Waals surface area (Å²) < 4.78 is 1.20. The Labute approximate surface area is 113 Å². The van der Waals surface area contributed by atoms with E-state index in [1.54, 1.807) is 0 Å². The molecule has 0 amide bonds. The van der Waals surface area contributed by atoms with Crippen molar-refractivity contribution >= 4 is 15.9 Å². The van der Waals surface area contributed by atoms with Crippen LogP contribution in [0.5, 0.6) is 0 Å². The number of rotatable bonds is 3. The zero-order valence-corrected chi connectivity index (χ0v) is 12.4. The van der Waals surface area contributed by atoms with Gasteiger partial charge in [0.15, 0.2) is 0 Å². The fraction of sp³-hybridized carbons (Fsp3) is 0.600. The van der Waals surface area contributed by atoms with Gasteiger partial charge in [0.05, 0.1) is 0 Å². The molecule has 0 saturated heterocycles. The molecule has 1 aromatic carbocycles. The van der Waals surface area contributed by atoms with Gasteiger partial charge in [-0.2, -0.15) is 0 Å². The molecule has 1 aliphatic carbocycles. The predicted molar refractivity (Wildman–Crippen MR) is 77.1 cm³/mol. The lowest BCUT2D eigenvalue weighted by Gasteiger charge is -2.29. The highest BCUT2D eigenvalue weighted by atomic mass is 79.9. The SMILES string of the molecule is Cc1cc(CNC2CCCCC2C)ccc1Br. The maximum atomic E-state index is 3.72. The van der Waals surface area contributed by atoms with E-state index >= 15 is 0 Å². The van der Waals surface area contributed by atoms with Crippen LogP contribution in [0, 0.1) is 12.8 Å². The fourth-order valence-electron chi connectivity index (χ4n) is 2.69. The third kappa shape index (κ3) is 3.56. The molecule has 2 rings (SSSR count). The maximum absolute atomic E-state index is 3.72. The van der Waals surface area contributed by atoms with E-state index in [-0.39, 0.29) is 0 Å². The van der Waals surface area contributed by atoms with E-state index in [2.05, 4.69) is 53.3 Å². The van der Waals surface area contributed by atoms with Crippen LogP contribution in [-0.2, 0) is 6.54 Å². The molecule has 0 bridgehead atoms. The molecule has 0 aromatic heterocycles. The van der Waals surface area contributed by atoms with E-state index in [0.717, 1.165) is 12.5 Å². The summed E-state index contributed by atoms with van der Waals surface area (Å²) >= 11 is 3.55. The maximum Gasteiger partial charge on any atom is 0.0208 e. The molecule has 94 valence electrons. The van der Waals surface area contributed by atoms with E-state index in [9.17, 15) is 0 Å². The van der Waals surface area contributed by atoms with E-state index in [0.29, 0.717) is 6.04 Å². The molecule has 1 fully saturated rings. The zero-order valence-electron chi connectivity index (χ0n) is 10.8. The standard InChI is InChI=1S/C15H22BrN/c1-11-5-3-4-6-15(11)17-10-13-7-8-14(16)12(2)9-13/h7-9,11,15,17H,3-6,10H2,1-2H3. The van der Waals surface area contributed by atoms with Gasteiger partial charge >= 0.3 is 0 Å². The molecule has 2 heteroatoms. The van der Waals surface area contributed by atoms with Crippen LogP contribution >= 0.6 is 15.9 Å². The van der Waals surface area contributed by atoms with Crippen LogP contribution in [0.3, 0.4) is 0 Å². The lowest BCUT2D eigenvalue weighted by atomic mass is 9.86. The second-order valence-corrected chi connectivity index (χ2v) is 6.19. The number of hydrogen-bond donors (Lipinski definition) is 1. The van der Waals surface area contributed by atoms with Crippen molar-refractivity contribution < 1.29 is 0 Å². The Morgan fingerprint density at radius 1 is 1.29 bits per heavy atom. The van der Waals surface area contributed by atoms with Crippen LogP contribution in [0.2, 0.25) is 0 Å². The molecule has 2 unspecified atom stereocenters. The third-order valence-electron chi connectivity index (χ3n) is 3.90. The molecule has 0 aliphatic heterocycles. The summed E-state index contributed by atoms with van der Waals surface area (Å²) in [7, 11) is 0. The van der Waals surface area contributed by atoms with Gasteiger partial charge in [-0.05, 0) is 42.9 Å². The van der Waals surface area contributed by atoms with Crippen molar-refractivity contribution in [1.29, 1.82) is 0 Å². The van der Waals surface area contributed by atoms with Crippen LogP contribution in [0.25, 0.3) is 0 Å². The molecular formula is C15H22BrN. The minimum Gasteiger partial charge on any atom is -0.310 e. The van der Waals surface area contributed by atoms with Gasteiger partial charge in [-0.3, -0.25) is 0 Å². The average molecular weight is 296 g/mol. The minimum atomic E-state index is 0.715. The van der Waals surface area contributed by atoms with Gasteiger partial charge in [0.1, 0.15) is 0 Å². The third-order valence-corrected chi connectivity index (χ3v) is 4.79. The quantitative estimate of drug-likeness (QED) is 0.870. The first kappa shape index (κ1) is 13.1. The summed E-state index contributed by atoms with van der Waals surface area (Å²) in [6.45, 7) is 5.53. The van der Waals surface area contributed by atoms with Crippen LogP contribution in [0.15, 0.2) is 22.7 Å². The Morgan fingerprint density at radius 2 is 2.06 bits per heavy atom. The molecule has 0 heterocycles. The second-order valence-electron chi connectivity index (χ2n) is 5.33. The van der Waals surface area contributed by atoms with Crippen LogP contribution in [0.4, 0.5) is 0 Å². The van der Waals surface area contributed by atoms with Crippen molar-refractivity contribution in [1.82, 2.24) is 5.32 Å². The predicted octanol–water partition coefficient (Wildman–Crippen LogP) is 4.43. The molecule has 0 radical (unpaired) electrons. The van der Waals surface area contributed by atoms with Crippen molar-refractivity contribution in [3.8, 4) is 0 Å². The van der Waals surface area contributed by atoms with E-state index in [4.69, 9.17) is 0 Å². The zero-order chi connectivity index (χ0) is 12.3. The Morgan fingerprint density at radius 3 is 2.76 bits per heavy atom. The Balaban J connectivity index is 1.90. The van der Waals surface area contributed by atoms with Crippen molar-refractivity contribution in [3.05, 3.63) is 33.8 Å². The number of benzene rings is 1. The highest BCUT2D eigenvalue weighted by Crippen LogP contribution is 2.24. The highest BCUT2D eigenvalue weighted by Gasteiger charge is 2.20. The minimum absolute atomic E-state index is 0.715. The van der Waals surface area contributed by atoms with Crippen LogP contribution in [0.1, 0.15) is 43.7 Å². The first-order valence-electron chi connectivity index (χ1n) is 6.65. The normalized spacial score (nSPS) is 24.9. The van der Waals surface area contributed by atoms with Crippen LogP contribution < -0.4 is 5.32 Å². The first-order valence-corrected chi connectivity index (χ1v) is 7.44. The molecule has 0 spiro atoms. The van der Waals surface area contributed by atoms with Crippen molar-refractivity contribution in [2.24, 2.45) is 5.92 Å². The number of aryl methyl sites for hydroxylation is 1. The van der Waals surface area contributed by atoms with Gasteiger partial charge in [-0.15, -0.1) is 0 Å². The van der Waals surface area contributed by atoms with Gasteiger partial charge in [0.25, 0.3) is 0 Å². The lowest BCUT2D eigenvalue weighted by molar-refractivity contribution is 0.279. The summed E-state index contributed by atoms with van der Waals surface area (Å²) in [5.41, 5.74) is 2.71. The lowest BCUT2D eigenvalue weighted by Crippen LogP contribution is -2.36. The molecule has 1 aromatic rings. The fourth-order valence-corrected chi connectivity index (χ4v) is 2.93. The van der Waals surface area contributed by atoms with Gasteiger partial charge in [0, 0.05) is 17.1 Å². The summed E-state index contributed by atoms with van der Waals surface area (Å²) in [4.78, 5) is 0. The smallest absolute Gasteiger partial charge is 0.0208 e. The first-order chi connectivity index (χ1) is 8.16. The molecule has 1 N–H and O–H groups in total. The molecule has 1 nitrogen and oxygen atoms in total. The summed E-state index contributed by atoms with van der Waals surface area (Å²) in [5.74, 6) is 0.834. The molecule has 1 saturated carbocycles. The molecule has 17 heavy (non-hydrogen) atoms. The number of nitrogens with one attached hydrogen (secondary N) is 1.